The third-order valence-corrected chi connectivity index (χ3v) is 9.22. The van der Waals surface area contributed by atoms with E-state index < -0.39 is 10.2 Å². The van der Waals surface area contributed by atoms with Gasteiger partial charge in [0.1, 0.15) is 0 Å². The number of piperazine rings is 1. The van der Waals surface area contributed by atoms with Crippen molar-refractivity contribution in [1.82, 2.24) is 18.6 Å². The molecule has 8 heteroatoms. The van der Waals surface area contributed by atoms with Crippen LogP contribution in [0.25, 0.3) is 5.57 Å². The fourth-order valence-electron chi connectivity index (χ4n) is 4.48. The van der Waals surface area contributed by atoms with Crippen LogP contribution in [0.1, 0.15) is 51.2 Å². The predicted octanol–water partition coefficient (Wildman–Crippen LogP) is 3.78. The summed E-state index contributed by atoms with van der Waals surface area (Å²) in [4.78, 5) is 2.15. The lowest BCUT2D eigenvalue weighted by atomic mass is 9.80. The molecule has 1 fully saturated rings. The minimum absolute atomic E-state index is 0.430. The molecular weight excluding hydrogens is 452 g/mol. The van der Waals surface area contributed by atoms with E-state index in [1.807, 2.05) is 19.0 Å². The Kier molecular flexibility index (Phi) is 10.3. The van der Waals surface area contributed by atoms with E-state index in [9.17, 15) is 8.42 Å². The largest absolute Gasteiger partial charge is 0.304 e. The van der Waals surface area contributed by atoms with Crippen molar-refractivity contribution < 1.29 is 8.42 Å². The zero-order valence-electron chi connectivity index (χ0n) is 20.7. The topological polar surface area (TPSA) is 64.7 Å². The van der Waals surface area contributed by atoms with Crippen LogP contribution in [-0.2, 0) is 16.6 Å². The van der Waals surface area contributed by atoms with E-state index >= 15 is 0 Å². The van der Waals surface area contributed by atoms with Gasteiger partial charge < -0.3 is 4.90 Å². The number of nitrogens with zero attached hydrogens (tertiary/aromatic N) is 2. The molecule has 6 nitrogen and oxygen atoms in total. The van der Waals surface area contributed by atoms with Crippen LogP contribution in [0.5, 0.6) is 0 Å². The molecule has 0 bridgehead atoms. The number of benzene rings is 1. The fraction of sp³-hybridized carbons (Fsp3) is 0.680. The Bertz CT molecular complexity index is 863. The zero-order valence-corrected chi connectivity index (χ0v) is 22.4. The van der Waals surface area contributed by atoms with Crippen molar-refractivity contribution in [3.05, 3.63) is 41.5 Å². The first-order chi connectivity index (χ1) is 15.7. The Labute approximate surface area is 205 Å². The van der Waals surface area contributed by atoms with E-state index in [1.54, 1.807) is 4.31 Å². The van der Waals surface area contributed by atoms with Gasteiger partial charge in [0.05, 0.1) is 0 Å². The number of nitrogens with one attached hydrogen (secondary N) is 2. The first-order valence-corrected chi connectivity index (χ1v) is 14.7. The van der Waals surface area contributed by atoms with Crippen molar-refractivity contribution in [1.29, 1.82) is 0 Å². The number of rotatable bonds is 11. The lowest BCUT2D eigenvalue weighted by Gasteiger charge is -2.31. The molecule has 0 radical (unpaired) electrons. The minimum Gasteiger partial charge on any atom is -0.304 e. The highest BCUT2D eigenvalue weighted by Crippen LogP contribution is 2.34. The molecule has 0 spiro atoms. The fourth-order valence-corrected chi connectivity index (χ4v) is 6.35. The van der Waals surface area contributed by atoms with Crippen molar-refractivity contribution in [2.24, 2.45) is 11.8 Å². The average Bonchev–Trinajstić information content (AvgIpc) is 2.79. The van der Waals surface area contributed by atoms with Gasteiger partial charge >= 0.3 is 0 Å². The second kappa shape index (κ2) is 12.7. The molecule has 3 rings (SSSR count). The van der Waals surface area contributed by atoms with Crippen molar-refractivity contribution in [3.8, 4) is 0 Å². The molecule has 0 saturated carbocycles. The van der Waals surface area contributed by atoms with Crippen LogP contribution in [-0.4, -0.2) is 69.2 Å². The van der Waals surface area contributed by atoms with Crippen molar-refractivity contribution >= 4 is 27.7 Å². The molecule has 1 aliphatic carbocycles. The Morgan fingerprint density at radius 1 is 1.09 bits per heavy atom. The minimum atomic E-state index is -3.38. The van der Waals surface area contributed by atoms with Crippen LogP contribution in [0.15, 0.2) is 30.3 Å². The Hall–Kier alpha value is -0.900. The number of hydrogen-bond donors (Lipinski definition) is 2. The normalized spacial score (nSPS) is 21.8. The molecule has 1 heterocycles. The molecule has 0 amide bonds. The third-order valence-electron chi connectivity index (χ3n) is 6.81. The van der Waals surface area contributed by atoms with Gasteiger partial charge in [-0.25, -0.2) is 4.72 Å². The van der Waals surface area contributed by atoms with Crippen LogP contribution >= 0.6 is 11.9 Å². The molecule has 2 aliphatic rings. The molecule has 33 heavy (non-hydrogen) atoms. The van der Waals surface area contributed by atoms with Gasteiger partial charge in [-0.05, 0) is 61.3 Å². The van der Waals surface area contributed by atoms with Crippen LogP contribution in [0.4, 0.5) is 0 Å². The van der Waals surface area contributed by atoms with E-state index in [0.29, 0.717) is 37.2 Å². The highest BCUT2D eigenvalue weighted by atomic mass is 32.2. The second-order valence-corrected chi connectivity index (χ2v) is 13.0. The SMILES string of the molecule is CC(C)SNCC(C)C1CC=C(c2ccc(CCNS(=O)(=O)N3CCN(C)CC3)cc2)CC1. The molecule has 2 N–H and O–H groups in total. The number of likely N-dealkylation sites (N-methyl/N-ethyl adjacent to an activating group) is 1. The molecule has 186 valence electrons. The first kappa shape index (κ1) is 26.7. The van der Waals surface area contributed by atoms with Crippen LogP contribution in [0.2, 0.25) is 0 Å². The van der Waals surface area contributed by atoms with Gasteiger partial charge in [0.15, 0.2) is 0 Å². The number of allylic oxidation sites excluding steroid dienone is 2. The van der Waals surface area contributed by atoms with Gasteiger partial charge in [-0.3, -0.25) is 4.72 Å². The molecule has 1 saturated heterocycles. The standard InChI is InChI=1S/C25H42N4O2S2/c1-20(2)32-26-19-21(3)23-9-11-25(12-10-23)24-7-5-22(6-8-24)13-14-27-33(30,31)29-17-15-28(4)16-18-29/h5-8,11,20-21,23,26-27H,9-10,12-19H2,1-4H3. The predicted molar refractivity (Wildman–Crippen MR) is 141 cm³/mol. The quantitative estimate of drug-likeness (QED) is 0.459. The maximum atomic E-state index is 12.5. The molecule has 1 aromatic rings. The maximum Gasteiger partial charge on any atom is 0.279 e. The summed E-state index contributed by atoms with van der Waals surface area (Å²) in [5.41, 5.74) is 3.91. The lowest BCUT2D eigenvalue weighted by Crippen LogP contribution is -2.51. The Morgan fingerprint density at radius 2 is 1.79 bits per heavy atom. The summed E-state index contributed by atoms with van der Waals surface area (Å²) in [7, 11) is -1.36. The van der Waals surface area contributed by atoms with Crippen LogP contribution < -0.4 is 9.44 Å². The molecular formula is C25H42N4O2S2. The summed E-state index contributed by atoms with van der Waals surface area (Å²) in [6.07, 6.45) is 6.67. The van der Waals surface area contributed by atoms with E-state index in [0.717, 1.165) is 44.0 Å². The van der Waals surface area contributed by atoms with Gasteiger partial charge in [-0.1, -0.05) is 63.1 Å². The lowest BCUT2D eigenvalue weighted by molar-refractivity contribution is 0.221. The molecule has 1 aliphatic heterocycles. The maximum absolute atomic E-state index is 12.5. The smallest absolute Gasteiger partial charge is 0.279 e. The van der Waals surface area contributed by atoms with E-state index in [2.05, 4.69) is 65.5 Å². The van der Waals surface area contributed by atoms with Gasteiger partial charge in [0, 0.05) is 44.5 Å². The summed E-state index contributed by atoms with van der Waals surface area (Å²) >= 11 is 1.83. The number of hydrogen-bond acceptors (Lipinski definition) is 5. The van der Waals surface area contributed by atoms with Crippen molar-refractivity contribution in [3.63, 3.8) is 0 Å². The highest BCUT2D eigenvalue weighted by molar-refractivity contribution is 7.97. The Morgan fingerprint density at radius 3 is 2.39 bits per heavy atom. The van der Waals surface area contributed by atoms with Gasteiger partial charge in [0.25, 0.3) is 10.2 Å². The molecule has 2 atom stereocenters. The third kappa shape index (κ3) is 8.37. The molecule has 1 aromatic carbocycles. The average molecular weight is 495 g/mol. The van der Waals surface area contributed by atoms with Crippen LogP contribution in [0.3, 0.4) is 0 Å². The van der Waals surface area contributed by atoms with E-state index in [1.165, 1.54) is 17.6 Å². The van der Waals surface area contributed by atoms with Gasteiger partial charge in [0.2, 0.25) is 0 Å². The summed E-state index contributed by atoms with van der Waals surface area (Å²) < 4.78 is 32.8. The Balaban J connectivity index is 1.43. The summed E-state index contributed by atoms with van der Waals surface area (Å²) in [5.74, 6) is 1.44. The second-order valence-electron chi connectivity index (χ2n) is 9.80. The van der Waals surface area contributed by atoms with Crippen molar-refractivity contribution in [2.45, 2.75) is 51.7 Å². The monoisotopic (exact) mass is 494 g/mol. The highest BCUT2D eigenvalue weighted by Gasteiger charge is 2.25. The zero-order chi connectivity index (χ0) is 23.8. The van der Waals surface area contributed by atoms with E-state index in [-0.39, 0.29) is 0 Å². The van der Waals surface area contributed by atoms with Gasteiger partial charge in [-0.2, -0.15) is 12.7 Å². The van der Waals surface area contributed by atoms with Crippen LogP contribution in [0, 0.1) is 11.8 Å². The molecule has 0 aromatic heterocycles. The summed E-state index contributed by atoms with van der Waals surface area (Å²) in [6.45, 7) is 11.0. The summed E-state index contributed by atoms with van der Waals surface area (Å²) in [6, 6.07) is 8.67. The van der Waals surface area contributed by atoms with E-state index in [4.69, 9.17) is 0 Å². The van der Waals surface area contributed by atoms with Gasteiger partial charge in [-0.15, -0.1) is 0 Å². The van der Waals surface area contributed by atoms with Crippen molar-refractivity contribution in [2.75, 3.05) is 46.3 Å². The molecule has 2 unspecified atom stereocenters. The first-order valence-electron chi connectivity index (χ1n) is 12.3. The summed E-state index contributed by atoms with van der Waals surface area (Å²) in [5, 5.41) is 0.621.